The predicted molar refractivity (Wildman–Crippen MR) is 117 cm³/mol. The summed E-state index contributed by atoms with van der Waals surface area (Å²) in [5.74, 6) is 1.87. The van der Waals surface area contributed by atoms with Gasteiger partial charge in [-0.05, 0) is 55.0 Å². The van der Waals surface area contributed by atoms with E-state index in [4.69, 9.17) is 9.47 Å². The summed E-state index contributed by atoms with van der Waals surface area (Å²) in [5, 5.41) is 1.26. The molecule has 5 rings (SSSR count). The zero-order chi connectivity index (χ0) is 20.3. The van der Waals surface area contributed by atoms with Crippen LogP contribution in [0.2, 0.25) is 0 Å². The normalized spacial score (nSPS) is 18.5. The average Bonchev–Trinajstić information content (AvgIpc) is 3.35. The Morgan fingerprint density at radius 3 is 2.87 bits per heavy atom. The summed E-state index contributed by atoms with van der Waals surface area (Å²) in [6.07, 6.45) is 7.39. The smallest absolute Gasteiger partial charge is 0.223 e. The van der Waals surface area contributed by atoms with Gasteiger partial charge in [-0.2, -0.15) is 0 Å². The number of carbonyl (C=O) groups is 1. The maximum absolute atomic E-state index is 13.0. The van der Waals surface area contributed by atoms with Crippen molar-refractivity contribution >= 4 is 16.8 Å². The van der Waals surface area contributed by atoms with Gasteiger partial charge in [-0.3, -0.25) is 4.79 Å². The Morgan fingerprint density at radius 1 is 1.07 bits per heavy atom. The van der Waals surface area contributed by atoms with Gasteiger partial charge in [0.2, 0.25) is 5.91 Å². The SMILES string of the molecule is O=C(CCCc1c[nH]c2ccccc12)N1CCCC1c1ccc2c(c1)OCCCO2. The van der Waals surface area contributed by atoms with Crippen LogP contribution in [-0.2, 0) is 11.2 Å². The molecule has 2 aliphatic rings. The van der Waals surface area contributed by atoms with Gasteiger partial charge in [0.05, 0.1) is 19.3 Å². The zero-order valence-corrected chi connectivity index (χ0v) is 17.2. The Labute approximate surface area is 177 Å². The van der Waals surface area contributed by atoms with E-state index in [9.17, 15) is 4.79 Å². The van der Waals surface area contributed by atoms with Crippen LogP contribution in [0.5, 0.6) is 11.5 Å². The first-order valence-electron chi connectivity index (χ1n) is 11.0. The Hall–Kier alpha value is -2.95. The van der Waals surface area contributed by atoms with Gasteiger partial charge >= 0.3 is 0 Å². The first-order chi connectivity index (χ1) is 14.8. The van der Waals surface area contributed by atoms with E-state index >= 15 is 0 Å². The molecule has 30 heavy (non-hydrogen) atoms. The number of amides is 1. The molecule has 5 heteroatoms. The number of likely N-dealkylation sites (tertiary alicyclic amines) is 1. The predicted octanol–water partition coefficient (Wildman–Crippen LogP) is 5.02. The molecule has 156 valence electrons. The number of para-hydroxylation sites is 1. The minimum absolute atomic E-state index is 0.141. The van der Waals surface area contributed by atoms with Gasteiger partial charge in [0.15, 0.2) is 11.5 Å². The molecule has 1 saturated heterocycles. The van der Waals surface area contributed by atoms with E-state index in [0.29, 0.717) is 19.6 Å². The average molecular weight is 405 g/mol. The van der Waals surface area contributed by atoms with E-state index in [2.05, 4.69) is 46.4 Å². The number of hydrogen-bond acceptors (Lipinski definition) is 3. The van der Waals surface area contributed by atoms with Crippen LogP contribution >= 0.6 is 0 Å². The number of nitrogens with zero attached hydrogens (tertiary/aromatic N) is 1. The number of aryl methyl sites for hydroxylation is 1. The van der Waals surface area contributed by atoms with Gasteiger partial charge < -0.3 is 19.4 Å². The number of benzene rings is 2. The van der Waals surface area contributed by atoms with E-state index in [1.807, 2.05) is 12.1 Å². The van der Waals surface area contributed by atoms with Crippen molar-refractivity contribution in [3.05, 3.63) is 59.8 Å². The van der Waals surface area contributed by atoms with Crippen molar-refractivity contribution < 1.29 is 14.3 Å². The fourth-order valence-electron chi connectivity index (χ4n) is 4.71. The van der Waals surface area contributed by atoms with Crippen molar-refractivity contribution in [3.8, 4) is 11.5 Å². The summed E-state index contributed by atoms with van der Waals surface area (Å²) < 4.78 is 11.6. The molecular weight excluding hydrogens is 376 g/mol. The van der Waals surface area contributed by atoms with E-state index in [-0.39, 0.29) is 11.9 Å². The van der Waals surface area contributed by atoms with Gasteiger partial charge in [0.1, 0.15) is 0 Å². The fraction of sp³-hybridized carbons (Fsp3) is 0.400. The minimum atomic E-state index is 0.141. The highest BCUT2D eigenvalue weighted by molar-refractivity contribution is 5.83. The number of rotatable bonds is 5. The van der Waals surface area contributed by atoms with Crippen LogP contribution in [0.3, 0.4) is 0 Å². The second-order valence-corrected chi connectivity index (χ2v) is 8.21. The Morgan fingerprint density at radius 2 is 1.93 bits per heavy atom. The van der Waals surface area contributed by atoms with Crippen LogP contribution in [0.15, 0.2) is 48.7 Å². The number of hydrogen-bond donors (Lipinski definition) is 1. The zero-order valence-electron chi connectivity index (χ0n) is 17.2. The van der Waals surface area contributed by atoms with Crippen molar-refractivity contribution in [3.63, 3.8) is 0 Å². The summed E-state index contributed by atoms with van der Waals surface area (Å²) in [6.45, 7) is 2.21. The largest absolute Gasteiger partial charge is 0.490 e. The number of fused-ring (bicyclic) bond motifs is 2. The van der Waals surface area contributed by atoms with Crippen LogP contribution in [-0.4, -0.2) is 35.5 Å². The molecule has 1 atom stereocenters. The second kappa shape index (κ2) is 8.42. The van der Waals surface area contributed by atoms with Crippen molar-refractivity contribution in [1.29, 1.82) is 0 Å². The number of aromatic amines is 1. The maximum atomic E-state index is 13.0. The number of aromatic nitrogens is 1. The summed E-state index contributed by atoms with van der Waals surface area (Å²) in [6, 6.07) is 14.6. The molecule has 0 radical (unpaired) electrons. The molecule has 2 aliphatic heterocycles. The van der Waals surface area contributed by atoms with Gasteiger partial charge in [-0.15, -0.1) is 0 Å². The Kier molecular flexibility index (Phi) is 5.35. The lowest BCUT2D eigenvalue weighted by Crippen LogP contribution is -2.30. The second-order valence-electron chi connectivity index (χ2n) is 8.21. The number of carbonyl (C=O) groups excluding carboxylic acids is 1. The highest BCUT2D eigenvalue weighted by atomic mass is 16.5. The van der Waals surface area contributed by atoms with Crippen molar-refractivity contribution in [1.82, 2.24) is 9.88 Å². The summed E-state index contributed by atoms with van der Waals surface area (Å²) in [7, 11) is 0. The van der Waals surface area contributed by atoms with E-state index in [0.717, 1.165) is 61.2 Å². The molecule has 2 aromatic carbocycles. The maximum Gasteiger partial charge on any atom is 0.223 e. The summed E-state index contributed by atoms with van der Waals surface area (Å²) >= 11 is 0. The van der Waals surface area contributed by atoms with Gasteiger partial charge in [-0.25, -0.2) is 0 Å². The summed E-state index contributed by atoms with van der Waals surface area (Å²) in [4.78, 5) is 18.4. The van der Waals surface area contributed by atoms with E-state index < -0.39 is 0 Å². The molecule has 0 spiro atoms. The lowest BCUT2D eigenvalue weighted by atomic mass is 10.0. The van der Waals surface area contributed by atoms with Gasteiger partial charge in [0.25, 0.3) is 0 Å². The molecule has 1 amide bonds. The minimum Gasteiger partial charge on any atom is -0.490 e. The Bertz CT molecular complexity index is 1040. The molecule has 0 bridgehead atoms. The number of nitrogens with one attached hydrogen (secondary N) is 1. The number of ether oxygens (including phenoxy) is 2. The molecule has 5 nitrogen and oxygen atoms in total. The Balaban J connectivity index is 1.23. The van der Waals surface area contributed by atoms with Crippen LogP contribution in [0.25, 0.3) is 10.9 Å². The molecule has 1 N–H and O–H groups in total. The lowest BCUT2D eigenvalue weighted by molar-refractivity contribution is -0.132. The molecule has 1 fully saturated rings. The summed E-state index contributed by atoms with van der Waals surface area (Å²) in [5.41, 5.74) is 3.61. The molecular formula is C25H28N2O3. The molecule has 0 aliphatic carbocycles. The molecule has 0 saturated carbocycles. The third-order valence-electron chi connectivity index (χ3n) is 6.24. The van der Waals surface area contributed by atoms with Crippen LogP contribution < -0.4 is 9.47 Å². The van der Waals surface area contributed by atoms with E-state index in [1.165, 1.54) is 10.9 Å². The van der Waals surface area contributed by atoms with Crippen molar-refractivity contribution in [2.45, 2.75) is 44.6 Å². The van der Waals surface area contributed by atoms with Crippen LogP contribution in [0, 0.1) is 0 Å². The quantitative estimate of drug-likeness (QED) is 0.650. The molecule has 1 aromatic heterocycles. The highest BCUT2D eigenvalue weighted by Crippen LogP contribution is 2.38. The lowest BCUT2D eigenvalue weighted by Gasteiger charge is -2.26. The molecule has 1 unspecified atom stereocenters. The van der Waals surface area contributed by atoms with E-state index in [1.54, 1.807) is 0 Å². The molecule has 3 aromatic rings. The van der Waals surface area contributed by atoms with Gasteiger partial charge in [0, 0.05) is 36.5 Å². The van der Waals surface area contributed by atoms with Crippen molar-refractivity contribution in [2.24, 2.45) is 0 Å². The number of H-pyrrole nitrogens is 1. The monoisotopic (exact) mass is 404 g/mol. The fourth-order valence-corrected chi connectivity index (χ4v) is 4.71. The van der Waals surface area contributed by atoms with Gasteiger partial charge in [-0.1, -0.05) is 24.3 Å². The third kappa shape index (κ3) is 3.76. The third-order valence-corrected chi connectivity index (χ3v) is 6.24. The standard InChI is InChI=1S/C25H28N2O3/c28-25(10-3-6-19-17-26-21-8-2-1-7-20(19)21)27-13-4-9-22(27)18-11-12-23-24(16-18)30-15-5-14-29-23/h1-2,7-8,11-12,16-17,22,26H,3-6,9-10,13-15H2. The first kappa shape index (κ1) is 19.0. The topological polar surface area (TPSA) is 54.6 Å². The van der Waals surface area contributed by atoms with Crippen LogP contribution in [0.4, 0.5) is 0 Å². The highest BCUT2D eigenvalue weighted by Gasteiger charge is 2.30. The van der Waals surface area contributed by atoms with Crippen molar-refractivity contribution in [2.75, 3.05) is 19.8 Å². The van der Waals surface area contributed by atoms with Crippen LogP contribution in [0.1, 0.15) is 49.3 Å². The first-order valence-corrected chi connectivity index (χ1v) is 11.0. The molecule has 3 heterocycles.